The normalized spacial score (nSPS) is 23.0. The summed E-state index contributed by atoms with van der Waals surface area (Å²) in [6.45, 7) is 8.93. The van der Waals surface area contributed by atoms with Gasteiger partial charge in [-0.3, -0.25) is 9.59 Å². The molecule has 1 unspecified atom stereocenters. The van der Waals surface area contributed by atoms with Gasteiger partial charge in [-0.1, -0.05) is 6.42 Å². The molecule has 2 aliphatic heterocycles. The second-order valence-electron chi connectivity index (χ2n) is 8.49. The number of aryl methyl sites for hydroxylation is 1. The van der Waals surface area contributed by atoms with Gasteiger partial charge in [0.05, 0.1) is 5.69 Å². The minimum atomic E-state index is 0.0757. The number of piperidine rings is 1. The minimum absolute atomic E-state index is 0.0757. The van der Waals surface area contributed by atoms with Crippen molar-refractivity contribution in [1.82, 2.24) is 20.1 Å². The van der Waals surface area contributed by atoms with Crippen molar-refractivity contribution in [2.75, 3.05) is 57.3 Å². The van der Waals surface area contributed by atoms with Crippen LogP contribution in [0.25, 0.3) is 0 Å². The summed E-state index contributed by atoms with van der Waals surface area (Å²) in [5.41, 5.74) is 1.18. The number of amides is 2. The Morgan fingerprint density at radius 2 is 1.86 bits per heavy atom. The minimum Gasteiger partial charge on any atom is -0.355 e. The Bertz CT molecular complexity index is 723. The van der Waals surface area contributed by atoms with Crippen molar-refractivity contribution in [1.29, 1.82) is 0 Å². The molecule has 1 N–H and O–H groups in total. The van der Waals surface area contributed by atoms with Gasteiger partial charge in [0.1, 0.15) is 0 Å². The quantitative estimate of drug-likeness (QED) is 0.784. The lowest BCUT2D eigenvalue weighted by atomic mass is 9.90. The largest absolute Gasteiger partial charge is 0.355 e. The number of carbonyl (C=O) groups is 2. The molecule has 7 nitrogen and oxygen atoms in total. The van der Waals surface area contributed by atoms with E-state index in [1.54, 1.807) is 18.3 Å². The molecule has 29 heavy (non-hydrogen) atoms. The zero-order valence-corrected chi connectivity index (χ0v) is 18.3. The molecule has 8 heteroatoms. The molecule has 2 amide bonds. The van der Waals surface area contributed by atoms with E-state index >= 15 is 0 Å². The van der Waals surface area contributed by atoms with Gasteiger partial charge in [-0.05, 0) is 45.2 Å². The summed E-state index contributed by atoms with van der Waals surface area (Å²) in [6, 6.07) is 0. The molecule has 0 radical (unpaired) electrons. The molecule has 160 valence electrons. The number of thiazole rings is 1. The van der Waals surface area contributed by atoms with E-state index < -0.39 is 0 Å². The fourth-order valence-corrected chi connectivity index (χ4v) is 5.84. The Labute approximate surface area is 177 Å². The van der Waals surface area contributed by atoms with Crippen LogP contribution in [0.3, 0.4) is 0 Å². The smallest absolute Gasteiger partial charge is 0.223 e. The van der Waals surface area contributed by atoms with E-state index in [4.69, 9.17) is 4.98 Å². The number of aromatic nitrogens is 1. The van der Waals surface area contributed by atoms with E-state index in [-0.39, 0.29) is 17.7 Å². The van der Waals surface area contributed by atoms with Crippen LogP contribution >= 0.6 is 11.3 Å². The molecule has 0 aromatic carbocycles. The molecule has 1 atom stereocenters. The van der Waals surface area contributed by atoms with Gasteiger partial charge >= 0.3 is 0 Å². The Morgan fingerprint density at radius 3 is 2.59 bits per heavy atom. The number of rotatable bonds is 5. The van der Waals surface area contributed by atoms with Crippen LogP contribution in [-0.2, 0) is 22.4 Å². The van der Waals surface area contributed by atoms with E-state index in [2.05, 4.69) is 15.1 Å². The molecule has 0 saturated carbocycles. The van der Waals surface area contributed by atoms with Crippen LogP contribution in [0, 0.1) is 5.92 Å². The van der Waals surface area contributed by atoms with E-state index in [0.29, 0.717) is 0 Å². The lowest BCUT2D eigenvalue weighted by Gasteiger charge is -2.33. The van der Waals surface area contributed by atoms with Gasteiger partial charge < -0.3 is 20.0 Å². The average Bonchev–Trinajstić information content (AvgIpc) is 3.18. The first-order valence-corrected chi connectivity index (χ1v) is 11.9. The number of nitrogens with zero attached hydrogens (tertiary/aromatic N) is 4. The first-order chi connectivity index (χ1) is 14.1. The summed E-state index contributed by atoms with van der Waals surface area (Å²) in [5, 5.41) is 4.23. The van der Waals surface area contributed by atoms with E-state index in [9.17, 15) is 9.59 Å². The maximum absolute atomic E-state index is 12.7. The molecular formula is C21H33N5O2S. The first-order valence-electron chi connectivity index (χ1n) is 11.1. The Kier molecular flexibility index (Phi) is 6.70. The number of fused-ring (bicyclic) bond motifs is 1. The second-order valence-corrected chi connectivity index (χ2v) is 9.55. The molecular weight excluding hydrogens is 386 g/mol. The predicted molar refractivity (Wildman–Crippen MR) is 115 cm³/mol. The Morgan fingerprint density at radius 1 is 1.10 bits per heavy atom. The lowest BCUT2D eigenvalue weighted by Crippen LogP contribution is -2.48. The van der Waals surface area contributed by atoms with Crippen LogP contribution < -0.4 is 10.2 Å². The topological polar surface area (TPSA) is 68.8 Å². The standard InChI is InChI=1S/C21H33N5O2S/c1-16(27)25-11-13-26(14-12-25)21-23-18-6-5-17(15-19(18)29-21)20(28)22-7-10-24-8-3-2-4-9-24/h17H,2-15H2,1H3,(H,22,28). The van der Waals surface area contributed by atoms with Crippen LogP contribution in [-0.4, -0.2) is 79.0 Å². The highest BCUT2D eigenvalue weighted by atomic mass is 32.1. The third-order valence-electron chi connectivity index (χ3n) is 6.47. The summed E-state index contributed by atoms with van der Waals surface area (Å²) in [7, 11) is 0. The van der Waals surface area contributed by atoms with Crippen molar-refractivity contribution >= 4 is 28.3 Å². The third-order valence-corrected chi connectivity index (χ3v) is 7.65. The molecule has 3 aliphatic rings. The number of carbonyl (C=O) groups excluding carboxylic acids is 2. The van der Waals surface area contributed by atoms with Crippen LogP contribution in [0.15, 0.2) is 0 Å². The van der Waals surface area contributed by atoms with Gasteiger partial charge in [0.15, 0.2) is 5.13 Å². The molecule has 0 bridgehead atoms. The molecule has 1 aliphatic carbocycles. The van der Waals surface area contributed by atoms with Crippen molar-refractivity contribution < 1.29 is 9.59 Å². The average molecular weight is 420 g/mol. The lowest BCUT2D eigenvalue weighted by molar-refractivity contribution is -0.129. The number of piperazine rings is 1. The van der Waals surface area contributed by atoms with Crippen molar-refractivity contribution in [3.63, 3.8) is 0 Å². The highest BCUT2D eigenvalue weighted by Crippen LogP contribution is 2.34. The highest BCUT2D eigenvalue weighted by Gasteiger charge is 2.29. The zero-order valence-electron chi connectivity index (χ0n) is 17.5. The summed E-state index contributed by atoms with van der Waals surface area (Å²) in [4.78, 5) is 37.0. The van der Waals surface area contributed by atoms with Crippen LogP contribution in [0.5, 0.6) is 0 Å². The number of anilines is 1. The maximum Gasteiger partial charge on any atom is 0.223 e. The molecule has 0 spiro atoms. The van der Waals surface area contributed by atoms with E-state index in [1.165, 1.54) is 42.9 Å². The molecule has 4 rings (SSSR count). The SMILES string of the molecule is CC(=O)N1CCN(c2nc3c(s2)CC(C(=O)NCCN2CCCCC2)CC3)CC1. The summed E-state index contributed by atoms with van der Waals surface area (Å²) in [5.74, 6) is 0.432. The Balaban J connectivity index is 1.26. The summed E-state index contributed by atoms with van der Waals surface area (Å²) in [6.07, 6.45) is 6.52. The summed E-state index contributed by atoms with van der Waals surface area (Å²) < 4.78 is 0. The molecule has 1 aromatic heterocycles. The van der Waals surface area contributed by atoms with Crippen LogP contribution in [0.2, 0.25) is 0 Å². The van der Waals surface area contributed by atoms with Crippen LogP contribution in [0.1, 0.15) is 43.2 Å². The van der Waals surface area contributed by atoms with Crippen molar-refractivity contribution in [2.24, 2.45) is 5.92 Å². The van der Waals surface area contributed by atoms with Gasteiger partial charge in [0, 0.05) is 57.0 Å². The molecule has 1 aromatic rings. The van der Waals surface area contributed by atoms with Crippen molar-refractivity contribution in [2.45, 2.75) is 45.4 Å². The van der Waals surface area contributed by atoms with Gasteiger partial charge in [-0.2, -0.15) is 0 Å². The second kappa shape index (κ2) is 9.43. The molecule has 2 saturated heterocycles. The van der Waals surface area contributed by atoms with Gasteiger partial charge in [0.25, 0.3) is 0 Å². The monoisotopic (exact) mass is 419 g/mol. The van der Waals surface area contributed by atoms with E-state index in [0.717, 1.165) is 63.7 Å². The van der Waals surface area contributed by atoms with Crippen LogP contribution in [0.4, 0.5) is 5.13 Å². The number of nitrogens with one attached hydrogen (secondary N) is 1. The fourth-order valence-electron chi connectivity index (χ4n) is 4.60. The van der Waals surface area contributed by atoms with E-state index in [1.807, 2.05) is 4.90 Å². The first kappa shape index (κ1) is 20.6. The highest BCUT2D eigenvalue weighted by molar-refractivity contribution is 7.15. The van der Waals surface area contributed by atoms with Gasteiger partial charge in [-0.15, -0.1) is 11.3 Å². The molecule has 2 fully saturated rings. The zero-order chi connectivity index (χ0) is 20.2. The fraction of sp³-hybridized carbons (Fsp3) is 0.762. The number of hydrogen-bond donors (Lipinski definition) is 1. The Hall–Kier alpha value is -1.67. The summed E-state index contributed by atoms with van der Waals surface area (Å²) >= 11 is 1.74. The van der Waals surface area contributed by atoms with Crippen molar-refractivity contribution in [3.05, 3.63) is 10.6 Å². The van der Waals surface area contributed by atoms with Gasteiger partial charge in [-0.25, -0.2) is 4.98 Å². The number of likely N-dealkylation sites (tertiary alicyclic amines) is 1. The van der Waals surface area contributed by atoms with Crippen molar-refractivity contribution in [3.8, 4) is 0 Å². The van der Waals surface area contributed by atoms with Gasteiger partial charge in [0.2, 0.25) is 11.8 Å². The number of hydrogen-bond acceptors (Lipinski definition) is 6. The predicted octanol–water partition coefficient (Wildman–Crippen LogP) is 1.52. The maximum atomic E-state index is 12.7. The molecule has 3 heterocycles. The third kappa shape index (κ3) is 5.09.